The molecule has 0 aliphatic carbocycles. The van der Waals surface area contributed by atoms with Crippen molar-refractivity contribution in [3.8, 4) is 0 Å². The van der Waals surface area contributed by atoms with E-state index in [0.717, 1.165) is 19.6 Å². The molecule has 2 rings (SSSR count). The molecule has 2 nitrogen and oxygen atoms in total. The molecule has 0 radical (unpaired) electrons. The summed E-state index contributed by atoms with van der Waals surface area (Å²) in [6, 6.07) is 7.11. The Kier molecular flexibility index (Phi) is 5.57. The number of halogens is 2. The first-order chi connectivity index (χ1) is 8.06. The maximum atomic E-state index is 12.8. The second kappa shape index (κ2) is 6.50. The highest BCUT2D eigenvalue weighted by atomic mass is 35.5. The quantitative estimate of drug-likeness (QED) is 0.917. The Balaban J connectivity index is 0.00000162. The van der Waals surface area contributed by atoms with Crippen LogP contribution in [0.1, 0.15) is 25.3 Å². The minimum Gasteiger partial charge on any atom is -0.326 e. The monoisotopic (exact) mass is 272 g/mol. The van der Waals surface area contributed by atoms with Crippen LogP contribution in [-0.4, -0.2) is 30.6 Å². The second-order valence-electron chi connectivity index (χ2n) is 5.31. The Morgan fingerprint density at radius 3 is 2.44 bits per heavy atom. The molecule has 0 saturated carbocycles. The zero-order valence-electron chi connectivity index (χ0n) is 11.0. The van der Waals surface area contributed by atoms with Gasteiger partial charge < -0.3 is 10.6 Å². The third-order valence-corrected chi connectivity index (χ3v) is 3.72. The van der Waals surface area contributed by atoms with Gasteiger partial charge in [0, 0.05) is 25.7 Å². The highest BCUT2D eigenvalue weighted by Crippen LogP contribution is 2.21. The van der Waals surface area contributed by atoms with Crippen LogP contribution < -0.4 is 5.73 Å². The number of rotatable bonds is 3. The predicted octanol–water partition coefficient (Wildman–Crippen LogP) is 2.63. The fourth-order valence-electron chi connectivity index (χ4n) is 2.53. The first-order valence-corrected chi connectivity index (χ1v) is 6.29. The maximum Gasteiger partial charge on any atom is 0.123 e. The summed E-state index contributed by atoms with van der Waals surface area (Å²) in [7, 11) is 0. The normalized spacial score (nSPS) is 25.8. The first kappa shape index (κ1) is 15.4. The van der Waals surface area contributed by atoms with Crippen molar-refractivity contribution in [2.24, 2.45) is 11.7 Å². The molecule has 3 unspecified atom stereocenters. The smallest absolute Gasteiger partial charge is 0.123 e. The van der Waals surface area contributed by atoms with Crippen LogP contribution in [0.4, 0.5) is 4.39 Å². The van der Waals surface area contributed by atoms with Gasteiger partial charge in [0.05, 0.1) is 0 Å². The lowest BCUT2D eigenvalue weighted by molar-refractivity contribution is 0.309. The van der Waals surface area contributed by atoms with Gasteiger partial charge in [0.2, 0.25) is 0 Å². The van der Waals surface area contributed by atoms with Crippen molar-refractivity contribution in [2.75, 3.05) is 19.6 Å². The third kappa shape index (κ3) is 3.67. The Morgan fingerprint density at radius 2 is 1.94 bits per heavy atom. The molecule has 0 amide bonds. The molecule has 3 atom stereocenters. The summed E-state index contributed by atoms with van der Waals surface area (Å²) in [5, 5.41) is 0. The van der Waals surface area contributed by atoms with E-state index in [9.17, 15) is 4.39 Å². The zero-order valence-corrected chi connectivity index (χ0v) is 11.8. The van der Waals surface area contributed by atoms with Gasteiger partial charge >= 0.3 is 0 Å². The van der Waals surface area contributed by atoms with Crippen LogP contribution in [0.3, 0.4) is 0 Å². The van der Waals surface area contributed by atoms with E-state index in [1.54, 1.807) is 0 Å². The second-order valence-corrected chi connectivity index (χ2v) is 5.31. The topological polar surface area (TPSA) is 29.3 Å². The van der Waals surface area contributed by atoms with Crippen LogP contribution in [0.5, 0.6) is 0 Å². The Labute approximate surface area is 115 Å². The summed E-state index contributed by atoms with van der Waals surface area (Å²) in [5.74, 6) is 0.835. The highest BCUT2D eigenvalue weighted by molar-refractivity contribution is 5.85. The Bertz CT molecular complexity index is 359. The molecule has 2 N–H and O–H groups in total. The van der Waals surface area contributed by atoms with Gasteiger partial charge in [-0.05, 0) is 29.5 Å². The molecule has 1 fully saturated rings. The number of hydrogen-bond donors (Lipinski definition) is 1. The van der Waals surface area contributed by atoms with Gasteiger partial charge in [-0.1, -0.05) is 26.0 Å². The molecular weight excluding hydrogens is 251 g/mol. The average molecular weight is 273 g/mol. The first-order valence-electron chi connectivity index (χ1n) is 6.29. The Hall–Kier alpha value is -0.640. The van der Waals surface area contributed by atoms with Crippen molar-refractivity contribution < 1.29 is 4.39 Å². The summed E-state index contributed by atoms with van der Waals surface area (Å²) in [6.45, 7) is 7.44. The molecule has 102 valence electrons. The van der Waals surface area contributed by atoms with Crippen molar-refractivity contribution in [3.63, 3.8) is 0 Å². The standard InChI is InChI=1S/C14H21FN2.ClH/c1-10(12-3-5-13(15)6-4-12)7-17-8-11(2)14(16)9-17;/h3-6,10-11,14H,7-9,16H2,1-2H3;1H. The summed E-state index contributed by atoms with van der Waals surface area (Å²) in [5.41, 5.74) is 7.21. The fourth-order valence-corrected chi connectivity index (χ4v) is 2.53. The molecule has 0 aromatic heterocycles. The number of nitrogens with two attached hydrogens (primary N) is 1. The third-order valence-electron chi connectivity index (χ3n) is 3.72. The van der Waals surface area contributed by atoms with Crippen LogP contribution in [0.2, 0.25) is 0 Å². The van der Waals surface area contributed by atoms with E-state index in [-0.39, 0.29) is 18.2 Å². The summed E-state index contributed by atoms with van der Waals surface area (Å²) >= 11 is 0. The Morgan fingerprint density at radius 1 is 1.33 bits per heavy atom. The predicted molar refractivity (Wildman–Crippen MR) is 75.6 cm³/mol. The zero-order chi connectivity index (χ0) is 12.4. The van der Waals surface area contributed by atoms with E-state index < -0.39 is 0 Å². The number of hydrogen-bond acceptors (Lipinski definition) is 2. The molecule has 0 spiro atoms. The summed E-state index contributed by atoms with van der Waals surface area (Å²) in [6.07, 6.45) is 0. The van der Waals surface area contributed by atoms with E-state index in [0.29, 0.717) is 17.9 Å². The van der Waals surface area contributed by atoms with Crippen molar-refractivity contribution in [3.05, 3.63) is 35.6 Å². The highest BCUT2D eigenvalue weighted by Gasteiger charge is 2.27. The van der Waals surface area contributed by atoms with Crippen molar-refractivity contribution in [1.82, 2.24) is 4.90 Å². The number of likely N-dealkylation sites (tertiary alicyclic amines) is 1. The van der Waals surface area contributed by atoms with Crippen molar-refractivity contribution in [2.45, 2.75) is 25.8 Å². The SMILES string of the molecule is CC(CN1CC(C)C(N)C1)c1ccc(F)cc1.Cl. The number of benzene rings is 1. The molecule has 1 saturated heterocycles. The molecular formula is C14H22ClFN2. The number of nitrogens with zero attached hydrogens (tertiary/aromatic N) is 1. The van der Waals surface area contributed by atoms with Gasteiger partial charge in [-0.15, -0.1) is 12.4 Å². The maximum absolute atomic E-state index is 12.8. The molecule has 1 heterocycles. The largest absolute Gasteiger partial charge is 0.326 e. The molecule has 1 aromatic carbocycles. The van der Waals surface area contributed by atoms with Crippen LogP contribution in [-0.2, 0) is 0 Å². The molecule has 1 aromatic rings. The van der Waals surface area contributed by atoms with E-state index in [4.69, 9.17) is 5.73 Å². The van der Waals surface area contributed by atoms with Crippen LogP contribution in [0.25, 0.3) is 0 Å². The van der Waals surface area contributed by atoms with Gasteiger partial charge in [0.1, 0.15) is 5.82 Å². The minimum absolute atomic E-state index is 0. The van der Waals surface area contributed by atoms with Gasteiger partial charge in [-0.3, -0.25) is 0 Å². The minimum atomic E-state index is -0.169. The van der Waals surface area contributed by atoms with Gasteiger partial charge in [-0.25, -0.2) is 4.39 Å². The molecule has 4 heteroatoms. The lowest BCUT2D eigenvalue weighted by atomic mass is 10.0. The van der Waals surface area contributed by atoms with Crippen LogP contribution in [0, 0.1) is 11.7 Å². The average Bonchev–Trinajstić information content (AvgIpc) is 2.58. The van der Waals surface area contributed by atoms with Crippen molar-refractivity contribution in [1.29, 1.82) is 0 Å². The molecule has 1 aliphatic rings. The molecule has 18 heavy (non-hydrogen) atoms. The van der Waals surface area contributed by atoms with Gasteiger partial charge in [0.15, 0.2) is 0 Å². The summed E-state index contributed by atoms with van der Waals surface area (Å²) < 4.78 is 12.8. The lowest BCUT2D eigenvalue weighted by Crippen LogP contribution is -2.30. The van der Waals surface area contributed by atoms with E-state index in [1.807, 2.05) is 12.1 Å². The lowest BCUT2D eigenvalue weighted by Gasteiger charge is -2.20. The van der Waals surface area contributed by atoms with Gasteiger partial charge in [-0.2, -0.15) is 0 Å². The van der Waals surface area contributed by atoms with E-state index in [2.05, 4.69) is 18.7 Å². The summed E-state index contributed by atoms with van der Waals surface area (Å²) in [4.78, 5) is 2.41. The van der Waals surface area contributed by atoms with Crippen LogP contribution >= 0.6 is 12.4 Å². The van der Waals surface area contributed by atoms with Crippen LogP contribution in [0.15, 0.2) is 24.3 Å². The molecule has 1 aliphatic heterocycles. The fraction of sp³-hybridized carbons (Fsp3) is 0.571. The van der Waals surface area contributed by atoms with E-state index in [1.165, 1.54) is 17.7 Å². The van der Waals surface area contributed by atoms with E-state index >= 15 is 0 Å². The van der Waals surface area contributed by atoms with Crippen molar-refractivity contribution >= 4 is 12.4 Å². The molecule has 0 bridgehead atoms. The van der Waals surface area contributed by atoms with Gasteiger partial charge in [0.25, 0.3) is 0 Å².